The summed E-state index contributed by atoms with van der Waals surface area (Å²) >= 11 is 1.66. The van der Waals surface area contributed by atoms with Crippen molar-refractivity contribution < 1.29 is 18.0 Å². The van der Waals surface area contributed by atoms with Crippen LogP contribution in [0.4, 0.5) is 13.2 Å². The topological polar surface area (TPSA) is 30.0 Å². The fourth-order valence-electron chi connectivity index (χ4n) is 5.97. The van der Waals surface area contributed by atoms with Crippen molar-refractivity contribution in [1.82, 2.24) is 4.98 Å². The molecule has 186 valence electrons. The molecule has 0 aliphatic heterocycles. The zero-order valence-corrected chi connectivity index (χ0v) is 21.4. The summed E-state index contributed by atoms with van der Waals surface area (Å²) in [7, 11) is 0. The Kier molecular flexibility index (Phi) is 7.80. The number of aromatic nitrogens is 1. The zero-order valence-electron chi connectivity index (χ0n) is 20.5. The largest absolute Gasteiger partial charge is 0.289 e. The molecule has 0 radical (unpaired) electrons. The van der Waals surface area contributed by atoms with E-state index in [1.165, 1.54) is 36.2 Å². The van der Waals surface area contributed by atoms with E-state index in [9.17, 15) is 18.0 Å². The average Bonchev–Trinajstić information content (AvgIpc) is 3.52. The Labute approximate surface area is 209 Å². The zero-order chi connectivity index (χ0) is 25.2. The Morgan fingerprint density at radius 2 is 1.77 bits per heavy atom. The summed E-state index contributed by atoms with van der Waals surface area (Å²) in [6.07, 6.45) is 6.54. The van der Waals surface area contributed by atoms with E-state index in [1.807, 2.05) is 0 Å². The van der Waals surface area contributed by atoms with Crippen LogP contribution in [0.3, 0.4) is 0 Å². The maximum Gasteiger partial charge on any atom is 0.229 e. The summed E-state index contributed by atoms with van der Waals surface area (Å²) in [5, 5.41) is 4.24. The fourth-order valence-corrected chi connectivity index (χ4v) is 6.61. The Morgan fingerprint density at radius 3 is 2.37 bits per heavy atom. The Bertz CT molecular complexity index is 1170. The SMILES string of the molecule is C[C@H]1CC(C)(C)Cc2nc(C3CCCC3)c(C(=O)c3ccc(F)cc3)c(-c3ccsc3)c21.FCF. The minimum atomic E-state index is -1.75. The normalized spacial score (nSPS) is 19.1. The molecule has 0 saturated heterocycles. The Balaban J connectivity index is 0.000000917. The van der Waals surface area contributed by atoms with Crippen LogP contribution >= 0.6 is 11.3 Å². The molecule has 1 saturated carbocycles. The minimum Gasteiger partial charge on any atom is -0.289 e. The number of halogens is 3. The number of ketones is 1. The number of nitrogens with zero attached hydrogens (tertiary/aromatic N) is 1. The molecular formula is C29H32F3NOS. The number of thiophene rings is 1. The first-order chi connectivity index (χ1) is 16.8. The number of alkyl halides is 2. The van der Waals surface area contributed by atoms with Crippen molar-refractivity contribution in [1.29, 1.82) is 0 Å². The lowest BCUT2D eigenvalue weighted by Crippen LogP contribution is -2.28. The third-order valence-corrected chi connectivity index (χ3v) is 7.91. The summed E-state index contributed by atoms with van der Waals surface area (Å²) in [5.74, 6) is 0.293. The van der Waals surface area contributed by atoms with E-state index in [0.717, 1.165) is 48.1 Å². The smallest absolute Gasteiger partial charge is 0.229 e. The van der Waals surface area contributed by atoms with Gasteiger partial charge in [-0.15, -0.1) is 0 Å². The molecule has 0 N–H and O–H groups in total. The van der Waals surface area contributed by atoms with Gasteiger partial charge in [-0.25, -0.2) is 13.2 Å². The van der Waals surface area contributed by atoms with Crippen LogP contribution in [0.2, 0.25) is 0 Å². The van der Waals surface area contributed by atoms with Gasteiger partial charge >= 0.3 is 0 Å². The van der Waals surface area contributed by atoms with Gasteiger partial charge < -0.3 is 0 Å². The quantitative estimate of drug-likeness (QED) is 0.336. The van der Waals surface area contributed by atoms with Crippen LogP contribution in [0.1, 0.15) is 97.6 Å². The van der Waals surface area contributed by atoms with Crippen LogP contribution < -0.4 is 0 Å². The van der Waals surface area contributed by atoms with Crippen LogP contribution in [0, 0.1) is 11.2 Å². The first kappa shape index (κ1) is 25.6. The molecule has 6 heteroatoms. The molecule has 1 aromatic carbocycles. The third kappa shape index (κ3) is 5.37. The maximum atomic E-state index is 14.0. The molecule has 1 fully saturated rings. The molecular weight excluding hydrogens is 467 g/mol. The molecule has 2 aromatic heterocycles. The second kappa shape index (κ2) is 10.7. The molecule has 2 aliphatic rings. The van der Waals surface area contributed by atoms with E-state index < -0.39 is 6.93 Å². The van der Waals surface area contributed by atoms with E-state index in [0.29, 0.717) is 17.4 Å². The van der Waals surface area contributed by atoms with Crippen molar-refractivity contribution in [3.8, 4) is 11.1 Å². The molecule has 2 heterocycles. The summed E-state index contributed by atoms with van der Waals surface area (Å²) < 4.78 is 32.9. The van der Waals surface area contributed by atoms with Crippen LogP contribution in [-0.4, -0.2) is 17.7 Å². The van der Waals surface area contributed by atoms with Gasteiger partial charge in [-0.2, -0.15) is 11.3 Å². The monoisotopic (exact) mass is 499 g/mol. The van der Waals surface area contributed by atoms with Gasteiger partial charge in [-0.1, -0.05) is 33.6 Å². The molecule has 1 atom stereocenters. The van der Waals surface area contributed by atoms with E-state index >= 15 is 0 Å². The number of carbonyl (C=O) groups excluding carboxylic acids is 1. The van der Waals surface area contributed by atoms with Gasteiger partial charge in [0.25, 0.3) is 0 Å². The number of carbonyl (C=O) groups is 1. The summed E-state index contributed by atoms with van der Waals surface area (Å²) in [6, 6.07) is 8.11. The molecule has 0 bridgehead atoms. The van der Waals surface area contributed by atoms with Crippen molar-refractivity contribution in [2.75, 3.05) is 6.93 Å². The van der Waals surface area contributed by atoms with Crippen molar-refractivity contribution in [2.45, 2.75) is 71.1 Å². The van der Waals surface area contributed by atoms with E-state index in [2.05, 4.69) is 37.6 Å². The molecule has 2 nitrogen and oxygen atoms in total. The number of hydrogen-bond donors (Lipinski definition) is 0. The summed E-state index contributed by atoms with van der Waals surface area (Å²) in [4.78, 5) is 19.3. The van der Waals surface area contributed by atoms with Crippen LogP contribution in [-0.2, 0) is 6.42 Å². The summed E-state index contributed by atoms with van der Waals surface area (Å²) in [6.45, 7) is 5.18. The summed E-state index contributed by atoms with van der Waals surface area (Å²) in [5.41, 5.74) is 7.07. The fraction of sp³-hybridized carbons (Fsp3) is 0.448. The first-order valence-corrected chi connectivity index (χ1v) is 13.2. The highest BCUT2D eigenvalue weighted by atomic mass is 32.1. The van der Waals surface area contributed by atoms with Gasteiger partial charge in [0.2, 0.25) is 6.93 Å². The van der Waals surface area contributed by atoms with E-state index in [4.69, 9.17) is 4.98 Å². The lowest BCUT2D eigenvalue weighted by molar-refractivity contribution is 0.103. The van der Waals surface area contributed by atoms with E-state index in [-0.39, 0.29) is 17.0 Å². The molecule has 35 heavy (non-hydrogen) atoms. The van der Waals surface area contributed by atoms with Crippen LogP contribution in [0.15, 0.2) is 41.1 Å². The van der Waals surface area contributed by atoms with Gasteiger partial charge in [0.15, 0.2) is 5.78 Å². The number of rotatable bonds is 4. The highest BCUT2D eigenvalue weighted by molar-refractivity contribution is 7.08. The predicted octanol–water partition coefficient (Wildman–Crippen LogP) is 8.80. The van der Waals surface area contributed by atoms with Crippen molar-refractivity contribution in [3.63, 3.8) is 0 Å². The lowest BCUT2D eigenvalue weighted by atomic mass is 9.68. The Hall–Kier alpha value is -2.47. The number of pyridine rings is 1. The molecule has 0 amide bonds. The third-order valence-electron chi connectivity index (χ3n) is 7.22. The molecule has 0 unspecified atom stereocenters. The van der Waals surface area contributed by atoms with Gasteiger partial charge in [0, 0.05) is 22.7 Å². The van der Waals surface area contributed by atoms with E-state index in [1.54, 1.807) is 23.5 Å². The highest BCUT2D eigenvalue weighted by Gasteiger charge is 2.37. The van der Waals surface area contributed by atoms with Crippen molar-refractivity contribution in [3.05, 3.63) is 75.0 Å². The van der Waals surface area contributed by atoms with Gasteiger partial charge in [0.1, 0.15) is 5.82 Å². The standard InChI is InChI=1S/C28H30FNOS.CH2F2/c1-17-14-28(2,3)15-22-23(17)24(20-12-13-32-16-20)25(26(30-22)18-6-4-5-7-18)27(31)19-8-10-21(29)11-9-19;2-1-3/h8-13,16-18H,4-7,14-15H2,1-3H3;1H2/t17-;/m0./s1. The maximum absolute atomic E-state index is 14.0. The number of benzene rings is 1. The minimum absolute atomic E-state index is 0.0274. The molecule has 0 spiro atoms. The Morgan fingerprint density at radius 1 is 1.11 bits per heavy atom. The molecule has 2 aliphatic carbocycles. The lowest BCUT2D eigenvalue weighted by Gasteiger charge is -2.37. The molecule has 3 aromatic rings. The predicted molar refractivity (Wildman–Crippen MR) is 136 cm³/mol. The first-order valence-electron chi connectivity index (χ1n) is 12.3. The number of hydrogen-bond acceptors (Lipinski definition) is 3. The van der Waals surface area contributed by atoms with Crippen LogP contribution in [0.25, 0.3) is 11.1 Å². The second-order valence-electron chi connectivity index (χ2n) is 10.5. The van der Waals surface area contributed by atoms with Gasteiger partial charge in [-0.05, 0) is 89.2 Å². The van der Waals surface area contributed by atoms with Crippen molar-refractivity contribution >= 4 is 17.1 Å². The highest BCUT2D eigenvalue weighted by Crippen LogP contribution is 2.49. The second-order valence-corrected chi connectivity index (χ2v) is 11.3. The van der Waals surface area contributed by atoms with Crippen LogP contribution in [0.5, 0.6) is 0 Å². The van der Waals surface area contributed by atoms with Gasteiger partial charge in [-0.3, -0.25) is 9.78 Å². The van der Waals surface area contributed by atoms with Crippen molar-refractivity contribution in [2.24, 2.45) is 5.41 Å². The molecule has 5 rings (SSSR count). The van der Waals surface area contributed by atoms with Gasteiger partial charge in [0.05, 0.1) is 11.3 Å². The number of fused-ring (bicyclic) bond motifs is 1. The average molecular weight is 500 g/mol.